The number of carbonyl (C=O) groups is 2. The summed E-state index contributed by atoms with van der Waals surface area (Å²) in [7, 11) is 0. The number of benzene rings is 2. The van der Waals surface area contributed by atoms with Crippen LogP contribution in [0.5, 0.6) is 0 Å². The molecule has 0 atom stereocenters. The Morgan fingerprint density at radius 1 is 0.962 bits per heavy atom. The molecular formula is C20H21Cl2N2O2+. The predicted molar refractivity (Wildman–Crippen MR) is 104 cm³/mol. The number of piperidine rings is 1. The molecule has 6 heteroatoms. The Labute approximate surface area is 163 Å². The fourth-order valence-corrected chi connectivity index (χ4v) is 3.65. The highest BCUT2D eigenvalue weighted by atomic mass is 35.5. The fourth-order valence-electron chi connectivity index (χ4n) is 3.25. The van der Waals surface area contributed by atoms with Crippen molar-refractivity contribution in [2.75, 3.05) is 25.0 Å². The summed E-state index contributed by atoms with van der Waals surface area (Å²) in [6, 6.07) is 11.7. The van der Waals surface area contributed by atoms with Crippen LogP contribution in [-0.2, 0) is 4.79 Å². The first-order chi connectivity index (χ1) is 12.5. The molecule has 0 radical (unpaired) electrons. The summed E-state index contributed by atoms with van der Waals surface area (Å²) in [5.74, 6) is -0.365. The van der Waals surface area contributed by atoms with Crippen LogP contribution in [0.4, 0.5) is 5.69 Å². The average molecular weight is 392 g/mol. The van der Waals surface area contributed by atoms with Crippen LogP contribution in [0.25, 0.3) is 0 Å². The monoisotopic (exact) mass is 391 g/mol. The summed E-state index contributed by atoms with van der Waals surface area (Å²) in [5.41, 5.74) is 1.18. The molecule has 2 N–H and O–H groups in total. The number of ketones is 1. The Morgan fingerprint density at radius 2 is 1.69 bits per heavy atom. The summed E-state index contributed by atoms with van der Waals surface area (Å²) in [5, 5.41) is 3.67. The first-order valence-corrected chi connectivity index (χ1v) is 9.52. The topological polar surface area (TPSA) is 50.6 Å². The number of halogens is 2. The normalized spacial score (nSPS) is 14.8. The van der Waals surface area contributed by atoms with E-state index in [1.807, 2.05) is 0 Å². The maximum absolute atomic E-state index is 12.9. The molecule has 2 aromatic carbocycles. The van der Waals surface area contributed by atoms with E-state index >= 15 is 0 Å². The van der Waals surface area contributed by atoms with E-state index in [0.29, 0.717) is 33.4 Å². The van der Waals surface area contributed by atoms with Crippen molar-refractivity contribution in [3.63, 3.8) is 0 Å². The maximum atomic E-state index is 12.9. The Balaban J connectivity index is 1.80. The van der Waals surface area contributed by atoms with Gasteiger partial charge in [0.1, 0.15) is 0 Å². The summed E-state index contributed by atoms with van der Waals surface area (Å²) >= 11 is 12.2. The van der Waals surface area contributed by atoms with Gasteiger partial charge < -0.3 is 10.2 Å². The quantitative estimate of drug-likeness (QED) is 0.768. The van der Waals surface area contributed by atoms with Gasteiger partial charge in [0.25, 0.3) is 5.91 Å². The highest BCUT2D eigenvalue weighted by Crippen LogP contribution is 2.26. The lowest BCUT2D eigenvalue weighted by atomic mass is 10.0. The van der Waals surface area contributed by atoms with Gasteiger partial charge in [-0.2, -0.15) is 0 Å². The van der Waals surface area contributed by atoms with Crippen molar-refractivity contribution in [3.05, 3.63) is 63.6 Å². The molecule has 0 aromatic heterocycles. The number of carbonyl (C=O) groups excluding carboxylic acids is 2. The average Bonchev–Trinajstić information content (AvgIpc) is 2.64. The minimum atomic E-state index is -0.265. The molecular weight excluding hydrogens is 371 g/mol. The highest BCUT2D eigenvalue weighted by Gasteiger charge is 2.21. The van der Waals surface area contributed by atoms with Gasteiger partial charge in [0.05, 0.1) is 23.8 Å². The van der Waals surface area contributed by atoms with Gasteiger partial charge in [-0.25, -0.2) is 0 Å². The van der Waals surface area contributed by atoms with Gasteiger partial charge >= 0.3 is 0 Å². The first-order valence-electron chi connectivity index (χ1n) is 8.77. The van der Waals surface area contributed by atoms with Crippen molar-refractivity contribution in [2.24, 2.45) is 0 Å². The van der Waals surface area contributed by atoms with Crippen LogP contribution in [0.1, 0.15) is 35.2 Å². The van der Waals surface area contributed by atoms with Gasteiger partial charge in [-0.15, -0.1) is 0 Å². The van der Waals surface area contributed by atoms with E-state index < -0.39 is 0 Å². The minimum absolute atomic E-state index is 0.0996. The van der Waals surface area contributed by atoms with Crippen LogP contribution in [0.3, 0.4) is 0 Å². The van der Waals surface area contributed by atoms with Crippen LogP contribution >= 0.6 is 23.2 Å². The number of quaternary nitrogens is 1. The Hall–Kier alpha value is -1.88. The Kier molecular flexibility index (Phi) is 6.30. The summed E-state index contributed by atoms with van der Waals surface area (Å²) in [4.78, 5) is 26.6. The lowest BCUT2D eigenvalue weighted by Gasteiger charge is -2.23. The third-order valence-electron chi connectivity index (χ3n) is 4.59. The number of hydrogen-bond acceptors (Lipinski definition) is 2. The van der Waals surface area contributed by atoms with Crippen molar-refractivity contribution in [1.29, 1.82) is 0 Å². The molecule has 26 heavy (non-hydrogen) atoms. The maximum Gasteiger partial charge on any atom is 0.279 e. The van der Waals surface area contributed by atoms with Gasteiger partial charge in [-0.1, -0.05) is 35.3 Å². The van der Waals surface area contributed by atoms with Crippen LogP contribution in [0, 0.1) is 0 Å². The van der Waals surface area contributed by atoms with Crippen molar-refractivity contribution in [2.45, 2.75) is 19.3 Å². The van der Waals surface area contributed by atoms with Gasteiger partial charge in [-0.05, 0) is 49.6 Å². The highest BCUT2D eigenvalue weighted by molar-refractivity contribution is 6.36. The molecule has 1 aliphatic rings. The molecule has 0 bridgehead atoms. The molecule has 1 fully saturated rings. The SMILES string of the molecule is O=C(C[NH+]1CCCCC1)Nc1ccc(Cl)cc1C(=O)c1ccccc1Cl. The van der Waals surface area contributed by atoms with Crippen molar-refractivity contribution in [1.82, 2.24) is 0 Å². The van der Waals surface area contributed by atoms with E-state index in [9.17, 15) is 9.59 Å². The molecule has 1 saturated heterocycles. The van der Waals surface area contributed by atoms with Gasteiger partial charge in [-0.3, -0.25) is 9.59 Å². The van der Waals surface area contributed by atoms with Crippen molar-refractivity contribution in [3.8, 4) is 0 Å². The summed E-state index contributed by atoms with van der Waals surface area (Å²) in [6.45, 7) is 2.43. The van der Waals surface area contributed by atoms with E-state index in [1.54, 1.807) is 42.5 Å². The predicted octanol–water partition coefficient (Wildman–Crippen LogP) is 3.23. The smallest absolute Gasteiger partial charge is 0.279 e. The largest absolute Gasteiger partial charge is 0.327 e. The Bertz CT molecular complexity index is 817. The molecule has 1 heterocycles. The van der Waals surface area contributed by atoms with E-state index in [1.165, 1.54) is 11.3 Å². The third kappa shape index (κ3) is 4.64. The number of hydrogen-bond donors (Lipinski definition) is 2. The standard InChI is InChI=1S/C20H20Cl2N2O2/c21-14-8-9-18(23-19(25)13-24-10-4-1-5-11-24)16(12-14)20(26)15-6-2-3-7-17(15)22/h2-3,6-9,12H,1,4-5,10-11,13H2,(H,23,25)/p+1. The van der Waals surface area contributed by atoms with Gasteiger partial charge in [0, 0.05) is 16.1 Å². The van der Waals surface area contributed by atoms with Crippen molar-refractivity contribution < 1.29 is 14.5 Å². The second-order valence-electron chi connectivity index (χ2n) is 6.53. The molecule has 0 aliphatic carbocycles. The molecule has 1 amide bonds. The number of likely N-dealkylation sites (tertiary alicyclic amines) is 1. The molecule has 0 spiro atoms. The van der Waals surface area contributed by atoms with E-state index in [2.05, 4.69) is 5.32 Å². The number of anilines is 1. The fraction of sp³-hybridized carbons (Fsp3) is 0.300. The van der Waals surface area contributed by atoms with Crippen LogP contribution in [-0.4, -0.2) is 31.3 Å². The van der Waals surface area contributed by atoms with Crippen LogP contribution in [0.15, 0.2) is 42.5 Å². The number of rotatable bonds is 5. The van der Waals surface area contributed by atoms with E-state index in [0.717, 1.165) is 25.9 Å². The molecule has 0 unspecified atom stereocenters. The van der Waals surface area contributed by atoms with Crippen LogP contribution < -0.4 is 10.2 Å². The third-order valence-corrected chi connectivity index (χ3v) is 5.15. The van der Waals surface area contributed by atoms with Crippen molar-refractivity contribution >= 4 is 40.6 Å². The lowest BCUT2D eigenvalue weighted by Crippen LogP contribution is -3.13. The number of nitrogens with one attached hydrogen (secondary N) is 2. The molecule has 3 rings (SSSR count). The summed E-state index contributed by atoms with van der Waals surface area (Å²) < 4.78 is 0. The molecule has 0 saturated carbocycles. The van der Waals surface area contributed by atoms with E-state index in [-0.39, 0.29) is 11.7 Å². The lowest BCUT2D eigenvalue weighted by molar-refractivity contribution is -0.896. The van der Waals surface area contributed by atoms with Gasteiger partial charge in [0.15, 0.2) is 12.3 Å². The van der Waals surface area contributed by atoms with Crippen LogP contribution in [0.2, 0.25) is 10.0 Å². The second kappa shape index (κ2) is 8.67. The summed E-state index contributed by atoms with van der Waals surface area (Å²) in [6.07, 6.45) is 3.54. The minimum Gasteiger partial charge on any atom is -0.327 e. The van der Waals surface area contributed by atoms with E-state index in [4.69, 9.17) is 23.2 Å². The second-order valence-corrected chi connectivity index (χ2v) is 7.38. The zero-order chi connectivity index (χ0) is 18.5. The molecule has 136 valence electrons. The van der Waals surface area contributed by atoms with Gasteiger partial charge in [0.2, 0.25) is 0 Å². The zero-order valence-electron chi connectivity index (χ0n) is 14.4. The Morgan fingerprint density at radius 3 is 2.42 bits per heavy atom. The first kappa shape index (κ1) is 18.9. The molecule has 4 nitrogen and oxygen atoms in total. The zero-order valence-corrected chi connectivity index (χ0v) is 15.9. The number of amides is 1. The molecule has 2 aromatic rings. The molecule has 1 aliphatic heterocycles.